The minimum Gasteiger partial charge on any atom is -0.481 e. The molecule has 0 spiro atoms. The maximum Gasteiger partial charge on any atom is 0.303 e. The van der Waals surface area contributed by atoms with Crippen LogP contribution >= 0.6 is 0 Å². The van der Waals surface area contributed by atoms with Crippen molar-refractivity contribution in [3.63, 3.8) is 0 Å². The predicted octanol–water partition coefficient (Wildman–Crippen LogP) is 2.02. The topological polar surface area (TPSA) is 49.3 Å². The molecule has 2 fully saturated rings. The zero-order valence-electron chi connectivity index (χ0n) is 9.24. The Morgan fingerprint density at radius 1 is 1.20 bits per heavy atom. The first-order valence-electron chi connectivity index (χ1n) is 6.22. The van der Waals surface area contributed by atoms with E-state index in [0.29, 0.717) is 18.4 Å². The molecule has 2 aliphatic rings. The second-order valence-electron chi connectivity index (χ2n) is 5.02. The monoisotopic (exact) mass is 211 g/mol. The van der Waals surface area contributed by atoms with Gasteiger partial charge in [0.2, 0.25) is 0 Å². The number of hydrogen-bond acceptors (Lipinski definition) is 2. The first-order chi connectivity index (χ1) is 7.27. The molecule has 15 heavy (non-hydrogen) atoms. The van der Waals surface area contributed by atoms with Gasteiger partial charge in [-0.1, -0.05) is 19.3 Å². The fourth-order valence-corrected chi connectivity index (χ4v) is 3.28. The third-order valence-corrected chi connectivity index (χ3v) is 4.00. The van der Waals surface area contributed by atoms with Gasteiger partial charge in [0, 0.05) is 12.5 Å². The molecule has 0 aromatic rings. The molecule has 0 radical (unpaired) electrons. The lowest BCUT2D eigenvalue weighted by Gasteiger charge is -2.31. The standard InChI is InChI=1S/C12H21NO2/c14-11(15)8-10-6-7-13-12(10)9-4-2-1-3-5-9/h9-10,12-13H,1-8H2,(H,14,15). The highest BCUT2D eigenvalue weighted by Crippen LogP contribution is 2.34. The molecule has 3 nitrogen and oxygen atoms in total. The Hall–Kier alpha value is -0.570. The summed E-state index contributed by atoms with van der Waals surface area (Å²) in [5, 5.41) is 12.4. The average molecular weight is 211 g/mol. The van der Waals surface area contributed by atoms with Gasteiger partial charge in [0.15, 0.2) is 0 Å². The number of hydrogen-bond donors (Lipinski definition) is 2. The zero-order valence-corrected chi connectivity index (χ0v) is 9.24. The highest BCUT2D eigenvalue weighted by molar-refractivity contribution is 5.67. The van der Waals surface area contributed by atoms with Crippen molar-refractivity contribution in [3.05, 3.63) is 0 Å². The molecular formula is C12H21NO2. The number of aliphatic carboxylic acids is 1. The Labute approximate surface area is 91.2 Å². The third kappa shape index (κ3) is 2.71. The summed E-state index contributed by atoms with van der Waals surface area (Å²) in [6.07, 6.45) is 8.04. The Morgan fingerprint density at radius 3 is 2.60 bits per heavy atom. The summed E-state index contributed by atoms with van der Waals surface area (Å²) >= 11 is 0. The fourth-order valence-electron chi connectivity index (χ4n) is 3.28. The van der Waals surface area contributed by atoms with Crippen LogP contribution in [0.25, 0.3) is 0 Å². The molecule has 1 saturated heterocycles. The lowest BCUT2D eigenvalue weighted by atomic mass is 9.78. The Bertz CT molecular complexity index is 224. The van der Waals surface area contributed by atoms with E-state index in [9.17, 15) is 4.79 Å². The lowest BCUT2D eigenvalue weighted by Crippen LogP contribution is -2.37. The summed E-state index contributed by atoms with van der Waals surface area (Å²) in [5.41, 5.74) is 0. The van der Waals surface area contributed by atoms with Gasteiger partial charge in [-0.05, 0) is 37.6 Å². The summed E-state index contributed by atoms with van der Waals surface area (Å²) in [6.45, 7) is 1.01. The molecule has 2 unspecified atom stereocenters. The number of carboxylic acids is 1. The molecule has 2 atom stereocenters. The van der Waals surface area contributed by atoms with E-state index in [1.165, 1.54) is 32.1 Å². The quantitative estimate of drug-likeness (QED) is 0.751. The van der Waals surface area contributed by atoms with Gasteiger partial charge < -0.3 is 10.4 Å². The van der Waals surface area contributed by atoms with E-state index in [-0.39, 0.29) is 0 Å². The van der Waals surface area contributed by atoms with Crippen molar-refractivity contribution in [2.75, 3.05) is 6.54 Å². The highest BCUT2D eigenvalue weighted by atomic mass is 16.4. The molecule has 0 bridgehead atoms. The predicted molar refractivity (Wildman–Crippen MR) is 58.7 cm³/mol. The molecule has 86 valence electrons. The van der Waals surface area contributed by atoms with Crippen LogP contribution in [0.3, 0.4) is 0 Å². The van der Waals surface area contributed by atoms with Crippen LogP contribution < -0.4 is 5.32 Å². The van der Waals surface area contributed by atoms with Gasteiger partial charge in [-0.3, -0.25) is 4.79 Å². The fraction of sp³-hybridized carbons (Fsp3) is 0.917. The Kier molecular flexibility index (Phi) is 3.62. The summed E-state index contributed by atoms with van der Waals surface area (Å²) in [5.74, 6) is 0.487. The molecule has 0 aromatic carbocycles. The second kappa shape index (κ2) is 4.97. The van der Waals surface area contributed by atoms with Gasteiger partial charge in [-0.15, -0.1) is 0 Å². The molecule has 1 aliphatic carbocycles. The number of carboxylic acid groups (broad SMARTS) is 1. The van der Waals surface area contributed by atoms with Crippen molar-refractivity contribution in [2.45, 2.75) is 51.0 Å². The van der Waals surface area contributed by atoms with Crippen LogP contribution in [0.2, 0.25) is 0 Å². The van der Waals surface area contributed by atoms with E-state index in [0.717, 1.165) is 18.9 Å². The van der Waals surface area contributed by atoms with Crippen LogP contribution in [0.4, 0.5) is 0 Å². The second-order valence-corrected chi connectivity index (χ2v) is 5.02. The molecule has 0 amide bonds. The van der Waals surface area contributed by atoms with E-state index in [1.807, 2.05) is 0 Å². The molecular weight excluding hydrogens is 190 g/mol. The third-order valence-electron chi connectivity index (χ3n) is 4.00. The van der Waals surface area contributed by atoms with Crippen LogP contribution in [0, 0.1) is 11.8 Å². The Balaban J connectivity index is 1.91. The normalized spacial score (nSPS) is 33.1. The van der Waals surface area contributed by atoms with Crippen LogP contribution in [0.15, 0.2) is 0 Å². The number of carbonyl (C=O) groups is 1. The van der Waals surface area contributed by atoms with E-state index >= 15 is 0 Å². The van der Waals surface area contributed by atoms with Crippen molar-refractivity contribution < 1.29 is 9.90 Å². The maximum atomic E-state index is 10.8. The molecule has 1 heterocycles. The first-order valence-corrected chi connectivity index (χ1v) is 6.22. The van der Waals surface area contributed by atoms with Crippen LogP contribution in [0.1, 0.15) is 44.9 Å². The summed E-state index contributed by atoms with van der Waals surface area (Å²) in [6, 6.07) is 0.487. The van der Waals surface area contributed by atoms with Gasteiger partial charge in [-0.25, -0.2) is 0 Å². The zero-order chi connectivity index (χ0) is 10.7. The van der Waals surface area contributed by atoms with Crippen molar-refractivity contribution in [2.24, 2.45) is 11.8 Å². The SMILES string of the molecule is O=C(O)CC1CCNC1C1CCCCC1. The minimum atomic E-state index is -0.635. The number of nitrogens with one attached hydrogen (secondary N) is 1. The van der Waals surface area contributed by atoms with Gasteiger partial charge in [0.25, 0.3) is 0 Å². The molecule has 1 saturated carbocycles. The van der Waals surface area contributed by atoms with Crippen molar-refractivity contribution in [1.29, 1.82) is 0 Å². The molecule has 2 rings (SSSR count). The van der Waals surface area contributed by atoms with Crippen LogP contribution in [0.5, 0.6) is 0 Å². The molecule has 0 aromatic heterocycles. The first kappa shape index (κ1) is 10.9. The van der Waals surface area contributed by atoms with Crippen molar-refractivity contribution in [3.8, 4) is 0 Å². The van der Waals surface area contributed by atoms with Gasteiger partial charge >= 0.3 is 5.97 Å². The Morgan fingerprint density at radius 2 is 1.93 bits per heavy atom. The van der Waals surface area contributed by atoms with E-state index < -0.39 is 5.97 Å². The van der Waals surface area contributed by atoms with Crippen molar-refractivity contribution >= 4 is 5.97 Å². The largest absolute Gasteiger partial charge is 0.481 e. The molecule has 3 heteroatoms. The number of rotatable bonds is 3. The van der Waals surface area contributed by atoms with Crippen LogP contribution in [-0.4, -0.2) is 23.7 Å². The van der Waals surface area contributed by atoms with Gasteiger partial charge in [0.05, 0.1) is 0 Å². The minimum absolute atomic E-state index is 0.355. The smallest absolute Gasteiger partial charge is 0.303 e. The van der Waals surface area contributed by atoms with E-state index in [2.05, 4.69) is 5.32 Å². The van der Waals surface area contributed by atoms with E-state index in [4.69, 9.17) is 5.11 Å². The molecule has 1 aliphatic heterocycles. The summed E-state index contributed by atoms with van der Waals surface area (Å²) in [7, 11) is 0. The lowest BCUT2D eigenvalue weighted by molar-refractivity contribution is -0.138. The summed E-state index contributed by atoms with van der Waals surface area (Å²) in [4.78, 5) is 10.8. The maximum absolute atomic E-state index is 10.8. The van der Waals surface area contributed by atoms with Crippen molar-refractivity contribution in [1.82, 2.24) is 5.32 Å². The van der Waals surface area contributed by atoms with Gasteiger partial charge in [-0.2, -0.15) is 0 Å². The summed E-state index contributed by atoms with van der Waals surface area (Å²) < 4.78 is 0. The van der Waals surface area contributed by atoms with E-state index in [1.54, 1.807) is 0 Å². The molecule has 2 N–H and O–H groups in total. The average Bonchev–Trinajstić information content (AvgIpc) is 2.66. The van der Waals surface area contributed by atoms with Gasteiger partial charge in [0.1, 0.15) is 0 Å². The highest BCUT2D eigenvalue weighted by Gasteiger charge is 2.34. The van der Waals surface area contributed by atoms with Crippen LogP contribution in [-0.2, 0) is 4.79 Å².